The minimum absolute atomic E-state index is 0.278. The molecule has 0 atom stereocenters. The molecule has 5 heteroatoms. The van der Waals surface area contributed by atoms with Crippen LogP contribution in [0.5, 0.6) is 5.75 Å². The Morgan fingerprint density at radius 1 is 1.20 bits per heavy atom. The van der Waals surface area contributed by atoms with E-state index in [-0.39, 0.29) is 5.75 Å². The summed E-state index contributed by atoms with van der Waals surface area (Å²) in [6.07, 6.45) is 5.64. The van der Waals surface area contributed by atoms with Crippen molar-refractivity contribution in [3.8, 4) is 5.75 Å². The standard InChI is InChI=1S/C10H10N2OS2/c1-14-9-3-6-5-11-10(15-2)12-7(6)4-8(9)13/h3-5,13H,1-2H3. The zero-order valence-corrected chi connectivity index (χ0v) is 10.0. The van der Waals surface area contributed by atoms with E-state index in [1.165, 1.54) is 23.5 Å². The molecule has 2 aromatic rings. The minimum Gasteiger partial charge on any atom is -0.507 e. The summed E-state index contributed by atoms with van der Waals surface area (Å²) in [5.41, 5.74) is 0.782. The molecule has 0 saturated heterocycles. The summed E-state index contributed by atoms with van der Waals surface area (Å²) in [4.78, 5) is 9.35. The number of thioether (sulfide) groups is 2. The highest BCUT2D eigenvalue weighted by Gasteiger charge is 2.05. The Labute approximate surface area is 96.3 Å². The summed E-state index contributed by atoms with van der Waals surface area (Å²) in [5.74, 6) is 0.278. The van der Waals surface area contributed by atoms with Crippen molar-refractivity contribution in [2.45, 2.75) is 10.1 Å². The molecule has 0 aliphatic rings. The number of hydrogen-bond acceptors (Lipinski definition) is 5. The summed E-state index contributed by atoms with van der Waals surface area (Å²) in [6, 6.07) is 3.59. The van der Waals surface area contributed by atoms with E-state index in [1.807, 2.05) is 18.6 Å². The number of hydrogen-bond donors (Lipinski definition) is 1. The van der Waals surface area contributed by atoms with Gasteiger partial charge in [-0.05, 0) is 18.6 Å². The molecule has 78 valence electrons. The molecule has 0 amide bonds. The molecule has 3 nitrogen and oxygen atoms in total. The number of rotatable bonds is 2. The van der Waals surface area contributed by atoms with Crippen LogP contribution in [0, 0.1) is 0 Å². The molecule has 0 saturated carbocycles. The Bertz CT molecular complexity index is 502. The normalized spacial score (nSPS) is 10.8. The maximum absolute atomic E-state index is 9.68. The molecule has 1 aromatic heterocycles. The van der Waals surface area contributed by atoms with E-state index in [2.05, 4.69) is 9.97 Å². The van der Waals surface area contributed by atoms with Gasteiger partial charge in [-0.2, -0.15) is 0 Å². The van der Waals surface area contributed by atoms with Gasteiger partial charge in [-0.15, -0.1) is 11.8 Å². The van der Waals surface area contributed by atoms with Gasteiger partial charge < -0.3 is 5.11 Å². The summed E-state index contributed by atoms with van der Waals surface area (Å²) in [7, 11) is 0. The minimum atomic E-state index is 0.278. The van der Waals surface area contributed by atoms with E-state index < -0.39 is 0 Å². The lowest BCUT2D eigenvalue weighted by Gasteiger charge is -2.04. The van der Waals surface area contributed by atoms with E-state index in [1.54, 1.807) is 12.3 Å². The highest BCUT2D eigenvalue weighted by atomic mass is 32.2. The molecule has 2 rings (SSSR count). The van der Waals surface area contributed by atoms with Crippen molar-refractivity contribution < 1.29 is 5.11 Å². The third-order valence-electron chi connectivity index (χ3n) is 2.04. The molecule has 0 aliphatic carbocycles. The van der Waals surface area contributed by atoms with E-state index >= 15 is 0 Å². The van der Waals surface area contributed by atoms with Gasteiger partial charge in [0.15, 0.2) is 5.16 Å². The number of fused-ring (bicyclic) bond motifs is 1. The fraction of sp³-hybridized carbons (Fsp3) is 0.200. The molecule has 0 aliphatic heterocycles. The van der Waals surface area contributed by atoms with Gasteiger partial charge in [0.1, 0.15) is 5.75 Å². The Morgan fingerprint density at radius 3 is 2.67 bits per heavy atom. The molecule has 0 spiro atoms. The van der Waals surface area contributed by atoms with Gasteiger partial charge in [0, 0.05) is 22.5 Å². The van der Waals surface area contributed by atoms with Crippen LogP contribution in [0.15, 0.2) is 28.4 Å². The van der Waals surface area contributed by atoms with Crippen molar-refractivity contribution in [3.63, 3.8) is 0 Å². The Balaban J connectivity index is 2.65. The molecular weight excluding hydrogens is 228 g/mol. The molecule has 1 heterocycles. The van der Waals surface area contributed by atoms with Crippen LogP contribution in [-0.2, 0) is 0 Å². The lowest BCUT2D eigenvalue weighted by atomic mass is 10.2. The smallest absolute Gasteiger partial charge is 0.187 e. The van der Waals surface area contributed by atoms with Crippen LogP contribution in [0.1, 0.15) is 0 Å². The van der Waals surface area contributed by atoms with Gasteiger partial charge >= 0.3 is 0 Å². The van der Waals surface area contributed by atoms with Crippen LogP contribution in [0.3, 0.4) is 0 Å². The summed E-state index contributed by atoms with van der Waals surface area (Å²) >= 11 is 3.00. The monoisotopic (exact) mass is 238 g/mol. The van der Waals surface area contributed by atoms with Gasteiger partial charge in [-0.3, -0.25) is 0 Å². The lowest BCUT2D eigenvalue weighted by Crippen LogP contribution is -1.87. The fourth-order valence-corrected chi connectivity index (χ4v) is 2.15. The van der Waals surface area contributed by atoms with Gasteiger partial charge in [0.25, 0.3) is 0 Å². The second kappa shape index (κ2) is 4.28. The molecule has 1 N–H and O–H groups in total. The van der Waals surface area contributed by atoms with Gasteiger partial charge in [0.05, 0.1) is 5.52 Å². The van der Waals surface area contributed by atoms with E-state index in [4.69, 9.17) is 0 Å². The van der Waals surface area contributed by atoms with Crippen molar-refractivity contribution in [1.29, 1.82) is 0 Å². The van der Waals surface area contributed by atoms with Crippen LogP contribution in [0.4, 0.5) is 0 Å². The zero-order valence-electron chi connectivity index (χ0n) is 8.39. The Kier molecular flexibility index (Phi) is 3.02. The summed E-state index contributed by atoms with van der Waals surface area (Å²) < 4.78 is 0. The fourth-order valence-electron chi connectivity index (χ4n) is 1.29. The number of benzene rings is 1. The molecule has 0 fully saturated rings. The first kappa shape index (κ1) is 10.6. The van der Waals surface area contributed by atoms with Gasteiger partial charge in [0.2, 0.25) is 0 Å². The quantitative estimate of drug-likeness (QED) is 0.644. The highest BCUT2D eigenvalue weighted by molar-refractivity contribution is 7.98. The van der Waals surface area contributed by atoms with Crippen molar-refractivity contribution in [3.05, 3.63) is 18.3 Å². The van der Waals surface area contributed by atoms with E-state index in [0.29, 0.717) is 0 Å². The Hall–Kier alpha value is -0.940. The average Bonchev–Trinajstić information content (AvgIpc) is 2.27. The molecule has 0 unspecified atom stereocenters. The maximum Gasteiger partial charge on any atom is 0.187 e. The second-order valence-electron chi connectivity index (χ2n) is 2.94. The van der Waals surface area contributed by atoms with Crippen LogP contribution >= 0.6 is 23.5 Å². The number of nitrogens with zero attached hydrogens (tertiary/aromatic N) is 2. The molecule has 15 heavy (non-hydrogen) atoms. The number of aromatic hydroxyl groups is 1. The molecular formula is C10H10N2OS2. The average molecular weight is 238 g/mol. The third kappa shape index (κ3) is 2.03. The Morgan fingerprint density at radius 2 is 2.00 bits per heavy atom. The molecule has 0 bridgehead atoms. The topological polar surface area (TPSA) is 46.0 Å². The molecule has 1 aromatic carbocycles. The number of phenols is 1. The van der Waals surface area contributed by atoms with Crippen LogP contribution in [0.2, 0.25) is 0 Å². The van der Waals surface area contributed by atoms with Gasteiger partial charge in [-0.1, -0.05) is 11.8 Å². The van der Waals surface area contributed by atoms with Crippen LogP contribution in [-0.4, -0.2) is 27.6 Å². The predicted octanol–water partition coefficient (Wildman–Crippen LogP) is 2.78. The first-order valence-electron chi connectivity index (χ1n) is 4.32. The van der Waals surface area contributed by atoms with Crippen LogP contribution < -0.4 is 0 Å². The SMILES string of the molecule is CSc1ncc2cc(SC)c(O)cc2n1. The highest BCUT2D eigenvalue weighted by Crippen LogP contribution is 2.30. The van der Waals surface area contributed by atoms with Gasteiger partial charge in [-0.25, -0.2) is 9.97 Å². The first-order valence-corrected chi connectivity index (χ1v) is 6.77. The summed E-state index contributed by atoms with van der Waals surface area (Å²) in [5, 5.41) is 11.4. The second-order valence-corrected chi connectivity index (χ2v) is 4.56. The van der Waals surface area contributed by atoms with Crippen molar-refractivity contribution in [2.24, 2.45) is 0 Å². The van der Waals surface area contributed by atoms with E-state index in [0.717, 1.165) is 21.0 Å². The molecule has 0 radical (unpaired) electrons. The maximum atomic E-state index is 9.68. The summed E-state index contributed by atoms with van der Waals surface area (Å²) in [6.45, 7) is 0. The van der Waals surface area contributed by atoms with Crippen molar-refractivity contribution in [2.75, 3.05) is 12.5 Å². The number of aromatic nitrogens is 2. The zero-order chi connectivity index (χ0) is 10.8. The largest absolute Gasteiger partial charge is 0.507 e. The van der Waals surface area contributed by atoms with Crippen molar-refractivity contribution in [1.82, 2.24) is 9.97 Å². The first-order chi connectivity index (χ1) is 7.24. The number of phenolic OH excluding ortho intramolecular Hbond substituents is 1. The third-order valence-corrected chi connectivity index (χ3v) is 3.37. The lowest BCUT2D eigenvalue weighted by molar-refractivity contribution is 0.463. The van der Waals surface area contributed by atoms with Crippen molar-refractivity contribution >= 4 is 34.4 Å². The predicted molar refractivity (Wildman–Crippen MR) is 64.8 cm³/mol. The van der Waals surface area contributed by atoms with E-state index in [9.17, 15) is 5.11 Å². The van der Waals surface area contributed by atoms with Crippen LogP contribution in [0.25, 0.3) is 10.9 Å².